The number of aromatic nitrogens is 2. The zero-order valence-electron chi connectivity index (χ0n) is 17.3. The molecule has 33 heavy (non-hydrogen) atoms. The minimum absolute atomic E-state index is 0.00310. The van der Waals surface area contributed by atoms with Crippen molar-refractivity contribution < 1.29 is 18.8 Å². The summed E-state index contributed by atoms with van der Waals surface area (Å²) in [5.74, 6) is -1.93. The Hall–Kier alpha value is -3.76. The van der Waals surface area contributed by atoms with E-state index in [0.717, 1.165) is 12.1 Å². The van der Waals surface area contributed by atoms with Crippen molar-refractivity contribution >= 4 is 40.7 Å². The number of anilines is 2. The average Bonchev–Trinajstić information content (AvgIpc) is 3.44. The predicted octanol–water partition coefficient (Wildman–Crippen LogP) is 2.88. The van der Waals surface area contributed by atoms with Gasteiger partial charge in [0.15, 0.2) is 5.69 Å². The molecule has 0 bridgehead atoms. The Morgan fingerprint density at radius 2 is 1.76 bits per heavy atom. The largest absolute Gasteiger partial charge is 0.340 e. The van der Waals surface area contributed by atoms with Gasteiger partial charge in [-0.2, -0.15) is 0 Å². The normalized spacial score (nSPS) is 15.4. The standard InChI is InChI=1S/C22H20ClFN6O3/c23-17-9-12(24)1-6-16(17)20(31)28-14-2-4-15(5-3-14)29-21(32)18-19(27-11-26-18)22(33)30-8-7-13(25)10-30/h1-6,9,11,13H,7-8,10,25H2,(H,26,27)(H,28,31)(H,29,32). The van der Waals surface area contributed by atoms with Gasteiger partial charge in [0.2, 0.25) is 0 Å². The van der Waals surface area contributed by atoms with Gasteiger partial charge in [0.25, 0.3) is 17.7 Å². The molecule has 0 saturated carbocycles. The number of nitrogens with zero attached hydrogens (tertiary/aromatic N) is 2. The van der Waals surface area contributed by atoms with Crippen LogP contribution in [-0.4, -0.2) is 51.7 Å². The molecule has 2 heterocycles. The lowest BCUT2D eigenvalue weighted by Gasteiger charge is -2.15. The summed E-state index contributed by atoms with van der Waals surface area (Å²) in [5, 5.41) is 5.32. The number of H-pyrrole nitrogens is 1. The van der Waals surface area contributed by atoms with Crippen LogP contribution < -0.4 is 16.4 Å². The SMILES string of the molecule is NC1CCN(C(=O)c2[nH]cnc2C(=O)Nc2ccc(NC(=O)c3ccc(F)cc3Cl)cc2)C1. The number of hydrogen-bond donors (Lipinski definition) is 4. The Bertz CT molecular complexity index is 1210. The smallest absolute Gasteiger partial charge is 0.276 e. The van der Waals surface area contributed by atoms with Gasteiger partial charge in [0.1, 0.15) is 11.5 Å². The Morgan fingerprint density at radius 3 is 2.36 bits per heavy atom. The molecule has 11 heteroatoms. The van der Waals surface area contributed by atoms with E-state index in [4.69, 9.17) is 17.3 Å². The van der Waals surface area contributed by atoms with Crippen molar-refractivity contribution in [2.45, 2.75) is 12.5 Å². The number of hydrogen-bond acceptors (Lipinski definition) is 5. The van der Waals surface area contributed by atoms with Crippen LogP contribution in [0, 0.1) is 5.82 Å². The van der Waals surface area contributed by atoms with Crippen LogP contribution in [0.1, 0.15) is 37.8 Å². The molecule has 4 rings (SSSR count). The molecule has 1 fully saturated rings. The minimum atomic E-state index is -0.557. The second-order valence-electron chi connectivity index (χ2n) is 7.54. The van der Waals surface area contributed by atoms with E-state index in [1.165, 1.54) is 12.4 Å². The van der Waals surface area contributed by atoms with Crippen molar-refractivity contribution in [3.05, 3.63) is 76.6 Å². The fraction of sp³-hybridized carbons (Fsp3) is 0.182. The molecule has 1 aliphatic heterocycles. The van der Waals surface area contributed by atoms with Crippen LogP contribution in [-0.2, 0) is 0 Å². The fourth-order valence-electron chi connectivity index (χ4n) is 3.46. The van der Waals surface area contributed by atoms with Gasteiger partial charge < -0.3 is 26.3 Å². The first-order chi connectivity index (χ1) is 15.8. The van der Waals surface area contributed by atoms with Gasteiger partial charge in [-0.1, -0.05) is 11.6 Å². The number of halogens is 2. The van der Waals surface area contributed by atoms with Gasteiger partial charge in [-0.25, -0.2) is 9.37 Å². The monoisotopic (exact) mass is 470 g/mol. The van der Waals surface area contributed by atoms with Crippen LogP contribution in [0.3, 0.4) is 0 Å². The summed E-state index contributed by atoms with van der Waals surface area (Å²) in [4.78, 5) is 46.0. The Kier molecular flexibility index (Phi) is 6.38. The maximum Gasteiger partial charge on any atom is 0.276 e. The van der Waals surface area contributed by atoms with E-state index in [9.17, 15) is 18.8 Å². The highest BCUT2D eigenvalue weighted by Gasteiger charge is 2.29. The number of imidazole rings is 1. The van der Waals surface area contributed by atoms with Crippen molar-refractivity contribution in [2.24, 2.45) is 5.73 Å². The molecule has 3 aromatic rings. The molecule has 1 aromatic heterocycles. The lowest BCUT2D eigenvalue weighted by Crippen LogP contribution is -2.33. The summed E-state index contributed by atoms with van der Waals surface area (Å²) in [6.07, 6.45) is 2.00. The van der Waals surface area contributed by atoms with Crippen LogP contribution in [0.15, 0.2) is 48.8 Å². The molecule has 0 radical (unpaired) electrons. The van der Waals surface area contributed by atoms with E-state index in [-0.39, 0.29) is 33.9 Å². The molecule has 2 aromatic carbocycles. The van der Waals surface area contributed by atoms with E-state index < -0.39 is 17.6 Å². The van der Waals surface area contributed by atoms with E-state index in [1.54, 1.807) is 29.2 Å². The van der Waals surface area contributed by atoms with Crippen LogP contribution in [0.4, 0.5) is 15.8 Å². The highest BCUT2D eigenvalue weighted by atomic mass is 35.5. The Labute approximate surface area is 193 Å². The number of carbonyl (C=O) groups excluding carboxylic acids is 3. The highest BCUT2D eigenvalue weighted by molar-refractivity contribution is 6.34. The lowest BCUT2D eigenvalue weighted by molar-refractivity contribution is 0.0780. The summed E-state index contributed by atoms with van der Waals surface area (Å²) < 4.78 is 13.2. The fourth-order valence-corrected chi connectivity index (χ4v) is 3.71. The number of nitrogens with two attached hydrogens (primary N) is 1. The molecule has 3 amide bonds. The zero-order valence-corrected chi connectivity index (χ0v) is 18.0. The average molecular weight is 471 g/mol. The number of benzene rings is 2. The molecule has 0 spiro atoms. The summed E-state index contributed by atoms with van der Waals surface area (Å²) >= 11 is 5.92. The first-order valence-electron chi connectivity index (χ1n) is 10.1. The lowest BCUT2D eigenvalue weighted by atomic mass is 10.2. The quantitative estimate of drug-likeness (QED) is 0.455. The molecule has 1 saturated heterocycles. The van der Waals surface area contributed by atoms with E-state index in [2.05, 4.69) is 20.6 Å². The van der Waals surface area contributed by atoms with E-state index in [0.29, 0.717) is 30.9 Å². The predicted molar refractivity (Wildman–Crippen MR) is 121 cm³/mol. The molecular weight excluding hydrogens is 451 g/mol. The van der Waals surface area contributed by atoms with Crippen LogP contribution in [0.5, 0.6) is 0 Å². The summed E-state index contributed by atoms with van der Waals surface area (Å²) in [6.45, 7) is 0.950. The van der Waals surface area contributed by atoms with Gasteiger partial charge in [-0.3, -0.25) is 14.4 Å². The molecule has 1 aliphatic rings. The topological polar surface area (TPSA) is 133 Å². The summed E-state index contributed by atoms with van der Waals surface area (Å²) in [7, 11) is 0. The number of aromatic amines is 1. The first kappa shape index (κ1) is 22.4. The third-order valence-electron chi connectivity index (χ3n) is 5.16. The maximum atomic E-state index is 13.2. The molecule has 0 aliphatic carbocycles. The van der Waals surface area contributed by atoms with Crippen LogP contribution >= 0.6 is 11.6 Å². The molecule has 9 nitrogen and oxygen atoms in total. The van der Waals surface area contributed by atoms with Gasteiger partial charge in [-0.15, -0.1) is 0 Å². The van der Waals surface area contributed by atoms with Crippen molar-refractivity contribution in [3.8, 4) is 0 Å². The molecule has 1 unspecified atom stereocenters. The molecular formula is C22H20ClFN6O3. The van der Waals surface area contributed by atoms with Gasteiger partial charge >= 0.3 is 0 Å². The Morgan fingerprint density at radius 1 is 1.09 bits per heavy atom. The summed E-state index contributed by atoms with van der Waals surface area (Å²) in [5.41, 5.74) is 6.94. The Balaban J connectivity index is 1.40. The number of rotatable bonds is 5. The molecule has 1 atom stereocenters. The minimum Gasteiger partial charge on any atom is -0.340 e. The van der Waals surface area contributed by atoms with Crippen molar-refractivity contribution in [1.29, 1.82) is 0 Å². The number of nitrogens with one attached hydrogen (secondary N) is 3. The molecule has 5 N–H and O–H groups in total. The van der Waals surface area contributed by atoms with Crippen molar-refractivity contribution in [1.82, 2.24) is 14.9 Å². The number of likely N-dealkylation sites (tertiary alicyclic amines) is 1. The van der Waals surface area contributed by atoms with Crippen molar-refractivity contribution in [3.63, 3.8) is 0 Å². The van der Waals surface area contributed by atoms with Gasteiger partial charge in [-0.05, 0) is 48.9 Å². The maximum absolute atomic E-state index is 13.2. The van der Waals surface area contributed by atoms with E-state index in [1.807, 2.05) is 0 Å². The number of carbonyl (C=O) groups is 3. The third kappa shape index (κ3) is 5.02. The van der Waals surface area contributed by atoms with E-state index >= 15 is 0 Å². The third-order valence-corrected chi connectivity index (χ3v) is 5.47. The summed E-state index contributed by atoms with van der Waals surface area (Å²) in [6, 6.07) is 9.72. The zero-order chi connectivity index (χ0) is 23.5. The highest BCUT2D eigenvalue weighted by Crippen LogP contribution is 2.21. The van der Waals surface area contributed by atoms with Crippen LogP contribution in [0.25, 0.3) is 0 Å². The first-order valence-corrected chi connectivity index (χ1v) is 10.5. The van der Waals surface area contributed by atoms with Crippen LogP contribution in [0.2, 0.25) is 5.02 Å². The van der Waals surface area contributed by atoms with Gasteiger partial charge in [0.05, 0.1) is 16.9 Å². The van der Waals surface area contributed by atoms with Crippen molar-refractivity contribution in [2.75, 3.05) is 23.7 Å². The second-order valence-corrected chi connectivity index (χ2v) is 7.94. The molecule has 170 valence electrons. The van der Waals surface area contributed by atoms with Gasteiger partial charge in [0, 0.05) is 30.5 Å². The number of amides is 3. The second kappa shape index (κ2) is 9.39.